The van der Waals surface area contributed by atoms with Crippen LogP contribution in [0, 0.1) is 17.2 Å². The number of aliphatic hydroxyl groups excluding tert-OH is 1. The van der Waals surface area contributed by atoms with Crippen LogP contribution in [0.3, 0.4) is 0 Å². The fraction of sp³-hybridized carbons (Fsp3) is 0.400. The van der Waals surface area contributed by atoms with Gasteiger partial charge in [-0.2, -0.15) is 5.26 Å². The SMILES string of the molecule is CC(C)C[C@H](CO)Nc1nc(SC(C)c2cccc(C#N)c2)nc2nc(N)sc12. The zero-order valence-corrected chi connectivity index (χ0v) is 18.2. The number of nitrogens with two attached hydrogens (primary N) is 1. The lowest BCUT2D eigenvalue weighted by atomic mass is 10.0. The number of aliphatic hydroxyl groups is 1. The third-order valence-corrected chi connectivity index (χ3v) is 6.23. The molecular weight excluding hydrogens is 404 g/mol. The molecule has 2 atom stereocenters. The van der Waals surface area contributed by atoms with Crippen LogP contribution < -0.4 is 11.1 Å². The molecule has 0 bridgehead atoms. The maximum absolute atomic E-state index is 9.75. The Morgan fingerprint density at radius 2 is 2.07 bits per heavy atom. The molecule has 0 saturated carbocycles. The summed E-state index contributed by atoms with van der Waals surface area (Å²) in [5, 5.41) is 23.3. The van der Waals surface area contributed by atoms with Crippen molar-refractivity contribution in [3.05, 3.63) is 35.4 Å². The first kappa shape index (κ1) is 21.3. The highest BCUT2D eigenvalue weighted by atomic mass is 32.2. The Hall–Kier alpha value is -2.41. The number of thiazole rings is 1. The molecule has 29 heavy (non-hydrogen) atoms. The molecule has 0 fully saturated rings. The molecule has 3 rings (SSSR count). The number of fused-ring (bicyclic) bond motifs is 1. The lowest BCUT2D eigenvalue weighted by Gasteiger charge is -2.19. The number of hydrogen-bond acceptors (Lipinski definition) is 9. The van der Waals surface area contributed by atoms with E-state index in [0.717, 1.165) is 16.7 Å². The smallest absolute Gasteiger partial charge is 0.192 e. The van der Waals surface area contributed by atoms with E-state index < -0.39 is 0 Å². The lowest BCUT2D eigenvalue weighted by Crippen LogP contribution is -2.26. The average molecular weight is 429 g/mol. The number of thioether (sulfide) groups is 1. The Balaban J connectivity index is 1.91. The van der Waals surface area contributed by atoms with E-state index in [4.69, 9.17) is 16.0 Å². The maximum Gasteiger partial charge on any atom is 0.192 e. The molecule has 0 aliphatic carbocycles. The molecule has 0 amide bonds. The second-order valence-electron chi connectivity index (χ2n) is 7.21. The summed E-state index contributed by atoms with van der Waals surface area (Å²) in [5.41, 5.74) is 8.10. The summed E-state index contributed by atoms with van der Waals surface area (Å²) in [4.78, 5) is 13.6. The predicted molar refractivity (Wildman–Crippen MR) is 119 cm³/mol. The van der Waals surface area contributed by atoms with Crippen molar-refractivity contribution in [2.75, 3.05) is 17.7 Å². The summed E-state index contributed by atoms with van der Waals surface area (Å²) in [6.07, 6.45) is 0.816. The number of nitrogen functional groups attached to an aromatic ring is 1. The van der Waals surface area contributed by atoms with E-state index in [0.29, 0.717) is 33.2 Å². The van der Waals surface area contributed by atoms with Crippen LogP contribution in [0.4, 0.5) is 10.9 Å². The zero-order valence-electron chi connectivity index (χ0n) is 16.6. The Labute approximate surface area is 178 Å². The van der Waals surface area contributed by atoms with Gasteiger partial charge in [0.05, 0.1) is 24.3 Å². The van der Waals surface area contributed by atoms with Crippen molar-refractivity contribution in [1.29, 1.82) is 5.26 Å². The van der Waals surface area contributed by atoms with Crippen molar-refractivity contribution < 1.29 is 5.11 Å². The van der Waals surface area contributed by atoms with Gasteiger partial charge >= 0.3 is 0 Å². The van der Waals surface area contributed by atoms with Crippen LogP contribution in [0.25, 0.3) is 10.3 Å². The molecule has 0 radical (unpaired) electrons. The summed E-state index contributed by atoms with van der Waals surface area (Å²) < 4.78 is 0.785. The third kappa shape index (κ3) is 5.35. The first-order valence-corrected chi connectivity index (χ1v) is 11.1. The van der Waals surface area contributed by atoms with Crippen LogP contribution in [0.15, 0.2) is 29.4 Å². The summed E-state index contributed by atoms with van der Waals surface area (Å²) in [6.45, 7) is 6.29. The van der Waals surface area contributed by atoms with Gasteiger partial charge in [0.15, 0.2) is 21.8 Å². The van der Waals surface area contributed by atoms with Crippen molar-refractivity contribution in [3.63, 3.8) is 0 Å². The number of nitriles is 1. The Morgan fingerprint density at radius 1 is 1.28 bits per heavy atom. The number of nitrogens with zero attached hydrogens (tertiary/aromatic N) is 4. The average Bonchev–Trinajstić information content (AvgIpc) is 3.07. The van der Waals surface area contributed by atoms with Gasteiger partial charge < -0.3 is 16.2 Å². The van der Waals surface area contributed by atoms with Crippen molar-refractivity contribution >= 4 is 44.4 Å². The number of nitrogens with one attached hydrogen (secondary N) is 1. The molecule has 3 aromatic rings. The highest BCUT2D eigenvalue weighted by molar-refractivity contribution is 7.99. The monoisotopic (exact) mass is 428 g/mol. The minimum Gasteiger partial charge on any atom is -0.394 e. The first-order valence-electron chi connectivity index (χ1n) is 9.37. The predicted octanol–water partition coefficient (Wildman–Crippen LogP) is 4.21. The summed E-state index contributed by atoms with van der Waals surface area (Å²) in [5.74, 6) is 1.08. The minimum absolute atomic E-state index is 0.0117. The highest BCUT2D eigenvalue weighted by Gasteiger charge is 2.19. The minimum atomic E-state index is -0.112. The van der Waals surface area contributed by atoms with Crippen molar-refractivity contribution in [1.82, 2.24) is 15.0 Å². The molecule has 152 valence electrons. The van der Waals surface area contributed by atoms with Crippen LogP contribution in [0.1, 0.15) is 43.6 Å². The van der Waals surface area contributed by atoms with Crippen LogP contribution in [0.2, 0.25) is 0 Å². The quantitative estimate of drug-likeness (QED) is 0.360. The zero-order chi connectivity index (χ0) is 21.0. The number of anilines is 2. The van der Waals surface area contributed by atoms with E-state index in [1.807, 2.05) is 25.1 Å². The summed E-state index contributed by atoms with van der Waals surface area (Å²) >= 11 is 2.82. The Kier molecular flexibility index (Phi) is 6.90. The second kappa shape index (κ2) is 9.39. The van der Waals surface area contributed by atoms with Gasteiger partial charge in [-0.1, -0.05) is 49.1 Å². The summed E-state index contributed by atoms with van der Waals surface area (Å²) in [7, 11) is 0. The van der Waals surface area contributed by atoms with E-state index in [1.165, 1.54) is 23.1 Å². The van der Waals surface area contributed by atoms with Crippen LogP contribution in [-0.4, -0.2) is 32.7 Å². The molecule has 0 spiro atoms. The molecule has 9 heteroatoms. The molecule has 0 aliphatic rings. The normalized spacial score (nSPS) is 13.4. The maximum atomic E-state index is 9.75. The molecule has 0 aliphatic heterocycles. The molecular formula is C20H24N6OS2. The van der Waals surface area contributed by atoms with E-state index in [9.17, 15) is 5.11 Å². The van der Waals surface area contributed by atoms with Gasteiger partial charge in [-0.25, -0.2) is 15.0 Å². The third-order valence-electron chi connectivity index (χ3n) is 4.33. The first-order chi connectivity index (χ1) is 13.9. The van der Waals surface area contributed by atoms with Crippen LogP contribution in [-0.2, 0) is 0 Å². The molecule has 0 saturated heterocycles. The van der Waals surface area contributed by atoms with Crippen molar-refractivity contribution in [3.8, 4) is 6.07 Å². The number of rotatable bonds is 8. The number of benzene rings is 1. The van der Waals surface area contributed by atoms with E-state index >= 15 is 0 Å². The van der Waals surface area contributed by atoms with Gasteiger partial charge in [-0.15, -0.1) is 0 Å². The highest BCUT2D eigenvalue weighted by Crippen LogP contribution is 2.37. The Bertz CT molecular complexity index is 1030. The van der Waals surface area contributed by atoms with Gasteiger partial charge in [-0.3, -0.25) is 0 Å². The molecule has 4 N–H and O–H groups in total. The fourth-order valence-electron chi connectivity index (χ4n) is 3.00. The molecule has 2 aromatic heterocycles. The van der Waals surface area contributed by atoms with E-state index in [1.54, 1.807) is 6.07 Å². The molecule has 2 heterocycles. The number of hydrogen-bond donors (Lipinski definition) is 3. The van der Waals surface area contributed by atoms with Crippen molar-refractivity contribution in [2.24, 2.45) is 5.92 Å². The van der Waals surface area contributed by atoms with E-state index in [-0.39, 0.29) is 17.9 Å². The van der Waals surface area contributed by atoms with Gasteiger partial charge in [0, 0.05) is 5.25 Å². The standard InChI is InChI=1S/C20H24N6OS2/c1-11(2)7-15(10-27)23-17-16-18(24-19(22)29-16)26-20(25-17)28-12(3)14-6-4-5-13(8-14)9-21/h4-6,8,11-12,15,27H,7,10H2,1-3H3,(H3,22,23,24,25,26)/t12?,15-/m1/s1. The molecule has 1 unspecified atom stereocenters. The van der Waals surface area contributed by atoms with E-state index in [2.05, 4.69) is 35.2 Å². The van der Waals surface area contributed by atoms with Gasteiger partial charge in [-0.05, 0) is 37.0 Å². The Morgan fingerprint density at radius 3 is 2.76 bits per heavy atom. The van der Waals surface area contributed by atoms with Crippen LogP contribution in [0.5, 0.6) is 0 Å². The summed E-state index contributed by atoms with van der Waals surface area (Å²) in [6, 6.07) is 9.58. The van der Waals surface area contributed by atoms with Gasteiger partial charge in [0.25, 0.3) is 0 Å². The topological polar surface area (TPSA) is 121 Å². The van der Waals surface area contributed by atoms with Crippen LogP contribution >= 0.6 is 23.1 Å². The molecule has 1 aromatic carbocycles. The second-order valence-corrected chi connectivity index (χ2v) is 9.55. The number of aromatic nitrogens is 3. The van der Waals surface area contributed by atoms with Crippen molar-refractivity contribution in [2.45, 2.75) is 43.6 Å². The molecule has 7 nitrogen and oxygen atoms in total. The van der Waals surface area contributed by atoms with Gasteiger partial charge in [0.2, 0.25) is 0 Å². The lowest BCUT2D eigenvalue weighted by molar-refractivity contribution is 0.259. The fourth-order valence-corrected chi connectivity index (χ4v) is 4.61. The van der Waals surface area contributed by atoms with Gasteiger partial charge in [0.1, 0.15) is 4.70 Å². The largest absolute Gasteiger partial charge is 0.394 e.